The number of rotatable bonds is 9. The van der Waals surface area contributed by atoms with E-state index in [9.17, 15) is 26.4 Å². The minimum absolute atomic E-state index is 0.167. The van der Waals surface area contributed by atoms with Gasteiger partial charge in [-0.05, 0) is 24.6 Å². The lowest BCUT2D eigenvalue weighted by atomic mass is 10.1. The van der Waals surface area contributed by atoms with Gasteiger partial charge in [0.05, 0.1) is 11.4 Å². The summed E-state index contributed by atoms with van der Waals surface area (Å²) in [6, 6.07) is 5.84. The summed E-state index contributed by atoms with van der Waals surface area (Å²) in [5, 5.41) is 4.57. The average molecular weight is 395 g/mol. The van der Waals surface area contributed by atoms with Gasteiger partial charge >= 0.3 is 6.18 Å². The van der Waals surface area contributed by atoms with E-state index in [1.54, 1.807) is 38.2 Å². The van der Waals surface area contributed by atoms with E-state index < -0.39 is 28.7 Å². The first-order valence-electron chi connectivity index (χ1n) is 8.18. The molecule has 0 spiro atoms. The Labute approximate surface area is 151 Å². The normalized spacial score (nSPS) is 13.7. The highest BCUT2D eigenvalue weighted by atomic mass is 32.2. The second-order valence-electron chi connectivity index (χ2n) is 5.65. The van der Waals surface area contributed by atoms with Gasteiger partial charge in [0.2, 0.25) is 15.9 Å². The van der Waals surface area contributed by atoms with E-state index in [0.717, 1.165) is 0 Å². The van der Waals surface area contributed by atoms with Crippen LogP contribution in [-0.4, -0.2) is 51.0 Å². The van der Waals surface area contributed by atoms with Crippen LogP contribution in [0, 0.1) is 0 Å². The number of nitrogens with one attached hydrogen (secondary N) is 2. The lowest BCUT2D eigenvalue weighted by Crippen LogP contribution is -2.39. The number of benzene rings is 1. The van der Waals surface area contributed by atoms with Crippen LogP contribution >= 0.6 is 0 Å². The predicted octanol–water partition coefficient (Wildman–Crippen LogP) is 2.05. The number of halogens is 3. The SMILES string of the molecule is CCN(CC)S(=O)(=O)c1ccc([C@H](C)NCC(=O)NCC(F)(F)F)cc1. The van der Waals surface area contributed by atoms with Gasteiger partial charge in [-0.2, -0.15) is 17.5 Å². The van der Waals surface area contributed by atoms with Crippen LogP contribution in [0.2, 0.25) is 0 Å². The Morgan fingerprint density at radius 1 is 1.15 bits per heavy atom. The highest BCUT2D eigenvalue weighted by Gasteiger charge is 2.27. The molecule has 1 rings (SSSR count). The van der Waals surface area contributed by atoms with Crippen molar-refractivity contribution >= 4 is 15.9 Å². The van der Waals surface area contributed by atoms with Crippen molar-refractivity contribution in [1.29, 1.82) is 0 Å². The van der Waals surface area contributed by atoms with E-state index >= 15 is 0 Å². The number of nitrogens with zero attached hydrogens (tertiary/aromatic N) is 1. The second-order valence-corrected chi connectivity index (χ2v) is 7.59. The van der Waals surface area contributed by atoms with Gasteiger partial charge in [-0.3, -0.25) is 4.79 Å². The monoisotopic (exact) mass is 395 g/mol. The van der Waals surface area contributed by atoms with Crippen molar-refractivity contribution in [2.24, 2.45) is 0 Å². The maximum Gasteiger partial charge on any atom is 0.405 e. The molecule has 0 heterocycles. The van der Waals surface area contributed by atoms with Crippen LogP contribution in [0.5, 0.6) is 0 Å². The first-order chi connectivity index (χ1) is 12.0. The fourth-order valence-electron chi connectivity index (χ4n) is 2.27. The number of carbonyl (C=O) groups excluding carboxylic acids is 1. The molecule has 10 heteroatoms. The molecule has 0 unspecified atom stereocenters. The molecule has 0 radical (unpaired) electrons. The van der Waals surface area contributed by atoms with E-state index in [1.807, 2.05) is 0 Å². The standard InChI is InChI=1S/C16H24F3N3O3S/c1-4-22(5-2)26(24,25)14-8-6-13(7-9-14)12(3)20-10-15(23)21-11-16(17,18)19/h6-9,12,20H,4-5,10-11H2,1-3H3,(H,21,23)/t12-/m0/s1. The van der Waals surface area contributed by atoms with Crippen LogP contribution in [0.1, 0.15) is 32.4 Å². The fraction of sp³-hybridized carbons (Fsp3) is 0.562. The molecule has 0 aliphatic rings. The number of alkyl halides is 3. The molecule has 0 saturated heterocycles. The van der Waals surface area contributed by atoms with Gasteiger partial charge in [-0.25, -0.2) is 8.42 Å². The third-order valence-electron chi connectivity index (χ3n) is 3.78. The number of amides is 1. The van der Waals surface area contributed by atoms with Crippen molar-refractivity contribution in [3.05, 3.63) is 29.8 Å². The topological polar surface area (TPSA) is 78.5 Å². The molecule has 1 aromatic carbocycles. The first-order valence-corrected chi connectivity index (χ1v) is 9.62. The Morgan fingerprint density at radius 2 is 1.69 bits per heavy atom. The molecule has 26 heavy (non-hydrogen) atoms. The third-order valence-corrected chi connectivity index (χ3v) is 5.84. The summed E-state index contributed by atoms with van der Waals surface area (Å²) in [5.74, 6) is -0.769. The van der Waals surface area contributed by atoms with Crippen molar-refractivity contribution in [3.8, 4) is 0 Å². The molecule has 1 atom stereocenters. The third kappa shape index (κ3) is 6.58. The fourth-order valence-corrected chi connectivity index (χ4v) is 3.72. The summed E-state index contributed by atoms with van der Waals surface area (Å²) >= 11 is 0. The van der Waals surface area contributed by atoms with E-state index in [4.69, 9.17) is 0 Å². The Kier molecular flexibility index (Phi) is 8.04. The lowest BCUT2D eigenvalue weighted by molar-refractivity contribution is -0.137. The Balaban J connectivity index is 2.67. The molecule has 1 amide bonds. The van der Waals surface area contributed by atoms with Crippen LogP contribution < -0.4 is 10.6 Å². The van der Waals surface area contributed by atoms with Crippen LogP contribution in [0.3, 0.4) is 0 Å². The van der Waals surface area contributed by atoms with Crippen molar-refractivity contribution < 1.29 is 26.4 Å². The molecule has 148 valence electrons. The summed E-state index contributed by atoms with van der Waals surface area (Å²) in [6.45, 7) is 4.31. The minimum atomic E-state index is -4.45. The van der Waals surface area contributed by atoms with Crippen LogP contribution in [-0.2, 0) is 14.8 Å². The maximum atomic E-state index is 12.4. The van der Waals surface area contributed by atoms with Crippen molar-refractivity contribution in [3.63, 3.8) is 0 Å². The summed E-state index contributed by atoms with van der Waals surface area (Å²) < 4.78 is 62.3. The Morgan fingerprint density at radius 3 is 2.15 bits per heavy atom. The number of hydrogen-bond donors (Lipinski definition) is 2. The van der Waals surface area contributed by atoms with Crippen LogP contribution in [0.25, 0.3) is 0 Å². The second kappa shape index (κ2) is 9.33. The molecular formula is C16H24F3N3O3S. The molecule has 2 N–H and O–H groups in total. The lowest BCUT2D eigenvalue weighted by Gasteiger charge is -2.19. The van der Waals surface area contributed by atoms with Crippen LogP contribution in [0.15, 0.2) is 29.2 Å². The quantitative estimate of drug-likeness (QED) is 0.671. The zero-order chi connectivity index (χ0) is 20.0. The molecular weight excluding hydrogens is 371 g/mol. The minimum Gasteiger partial charge on any atom is -0.346 e. The molecule has 1 aromatic rings. The van der Waals surface area contributed by atoms with Gasteiger partial charge in [-0.15, -0.1) is 0 Å². The highest BCUT2D eigenvalue weighted by Crippen LogP contribution is 2.19. The summed E-state index contributed by atoms with van der Waals surface area (Å²) in [6.07, 6.45) is -4.45. The molecule has 0 bridgehead atoms. The smallest absolute Gasteiger partial charge is 0.346 e. The van der Waals surface area contributed by atoms with Gasteiger partial charge in [0.1, 0.15) is 6.54 Å². The Hall–Kier alpha value is -1.65. The molecule has 0 saturated carbocycles. The molecule has 6 nitrogen and oxygen atoms in total. The average Bonchev–Trinajstić information content (AvgIpc) is 2.58. The van der Waals surface area contributed by atoms with Gasteiger partial charge in [0.15, 0.2) is 0 Å². The van der Waals surface area contributed by atoms with Gasteiger partial charge in [0.25, 0.3) is 0 Å². The molecule has 0 aromatic heterocycles. The predicted molar refractivity (Wildman–Crippen MR) is 92.0 cm³/mol. The van der Waals surface area contributed by atoms with Gasteiger partial charge in [-0.1, -0.05) is 26.0 Å². The maximum absolute atomic E-state index is 12.4. The highest BCUT2D eigenvalue weighted by molar-refractivity contribution is 7.89. The van der Waals surface area contributed by atoms with Crippen molar-refractivity contribution in [2.45, 2.75) is 37.9 Å². The van der Waals surface area contributed by atoms with E-state index in [2.05, 4.69) is 5.32 Å². The largest absolute Gasteiger partial charge is 0.405 e. The van der Waals surface area contributed by atoms with E-state index in [1.165, 1.54) is 16.4 Å². The number of sulfonamides is 1. The molecule has 0 aliphatic heterocycles. The van der Waals surface area contributed by atoms with E-state index in [0.29, 0.717) is 18.7 Å². The van der Waals surface area contributed by atoms with Gasteiger partial charge in [0, 0.05) is 19.1 Å². The van der Waals surface area contributed by atoms with Gasteiger partial charge < -0.3 is 10.6 Å². The summed E-state index contributed by atoms with van der Waals surface area (Å²) in [5.41, 5.74) is 0.715. The Bertz CT molecular complexity index is 687. The zero-order valence-corrected chi connectivity index (χ0v) is 15.7. The molecule has 0 aliphatic carbocycles. The van der Waals surface area contributed by atoms with E-state index in [-0.39, 0.29) is 17.5 Å². The summed E-state index contributed by atoms with van der Waals surface area (Å²) in [7, 11) is -3.55. The van der Waals surface area contributed by atoms with Crippen molar-refractivity contribution in [2.75, 3.05) is 26.2 Å². The first kappa shape index (κ1) is 22.4. The van der Waals surface area contributed by atoms with Crippen LogP contribution in [0.4, 0.5) is 13.2 Å². The summed E-state index contributed by atoms with van der Waals surface area (Å²) in [4.78, 5) is 11.6. The zero-order valence-electron chi connectivity index (χ0n) is 14.9. The molecule has 0 fully saturated rings. The number of carbonyl (C=O) groups is 1. The number of hydrogen-bond acceptors (Lipinski definition) is 4. The van der Waals surface area contributed by atoms with Crippen molar-refractivity contribution in [1.82, 2.24) is 14.9 Å².